The summed E-state index contributed by atoms with van der Waals surface area (Å²) < 4.78 is 43.1. The number of hydrogen-bond donors (Lipinski definition) is 1. The van der Waals surface area contributed by atoms with Crippen molar-refractivity contribution in [1.82, 2.24) is 15.1 Å². The van der Waals surface area contributed by atoms with Crippen molar-refractivity contribution < 1.29 is 22.7 Å². The van der Waals surface area contributed by atoms with E-state index in [0.717, 1.165) is 23.5 Å². The Hall–Kier alpha value is -2.51. The van der Waals surface area contributed by atoms with E-state index in [-0.39, 0.29) is 12.1 Å². The van der Waals surface area contributed by atoms with E-state index in [9.17, 15) is 18.0 Å². The maximum Gasteiger partial charge on any atom is 0.408 e. The molecule has 0 spiro atoms. The Balaban J connectivity index is 2.01. The van der Waals surface area contributed by atoms with Crippen LogP contribution in [0.25, 0.3) is 0 Å². The summed E-state index contributed by atoms with van der Waals surface area (Å²) in [5.41, 5.74) is 1.89. The molecule has 0 aliphatic carbocycles. The number of benzene rings is 1. The second-order valence-electron chi connectivity index (χ2n) is 5.27. The topological polar surface area (TPSA) is 56.1 Å². The van der Waals surface area contributed by atoms with Crippen molar-refractivity contribution in [2.75, 3.05) is 6.61 Å². The Kier molecular flexibility index (Phi) is 5.48. The van der Waals surface area contributed by atoms with Gasteiger partial charge in [0.25, 0.3) is 5.91 Å². The summed E-state index contributed by atoms with van der Waals surface area (Å²) >= 11 is 0. The van der Waals surface area contributed by atoms with Crippen molar-refractivity contribution in [3.05, 3.63) is 47.3 Å². The van der Waals surface area contributed by atoms with Gasteiger partial charge < -0.3 is 10.1 Å². The molecule has 1 amide bonds. The summed E-state index contributed by atoms with van der Waals surface area (Å²) in [5.74, 6) is 0.178. The number of hydrogen-bond acceptors (Lipinski definition) is 3. The molecule has 2 aromatic rings. The molecule has 0 fully saturated rings. The molecule has 2 rings (SSSR count). The average Bonchev–Trinajstić information content (AvgIpc) is 2.93. The van der Waals surface area contributed by atoms with Crippen LogP contribution in [0, 0.1) is 6.92 Å². The summed E-state index contributed by atoms with van der Waals surface area (Å²) in [4.78, 5) is 12.0. The fourth-order valence-electron chi connectivity index (χ4n) is 2.13. The Morgan fingerprint density at radius 1 is 1.38 bits per heavy atom. The molecule has 0 radical (unpaired) electrons. The van der Waals surface area contributed by atoms with Crippen LogP contribution >= 0.6 is 0 Å². The molecule has 1 aromatic carbocycles. The average molecular weight is 341 g/mol. The van der Waals surface area contributed by atoms with Gasteiger partial charge in [0.2, 0.25) is 0 Å². The van der Waals surface area contributed by atoms with Crippen LogP contribution < -0.4 is 10.1 Å². The van der Waals surface area contributed by atoms with Gasteiger partial charge in [-0.2, -0.15) is 18.3 Å². The lowest BCUT2D eigenvalue weighted by molar-refractivity contribution is -0.142. The SMILES string of the molecule is CCOc1cc(C)ccc1CNC(=O)c1cnn(CC(F)(F)F)c1. The molecular formula is C16H18F3N3O2. The number of carbonyl (C=O) groups excluding carboxylic acids is 1. The number of amides is 1. The quantitative estimate of drug-likeness (QED) is 0.878. The van der Waals surface area contributed by atoms with Crippen molar-refractivity contribution in [1.29, 1.82) is 0 Å². The second-order valence-corrected chi connectivity index (χ2v) is 5.27. The van der Waals surface area contributed by atoms with Gasteiger partial charge in [0.1, 0.15) is 12.3 Å². The van der Waals surface area contributed by atoms with E-state index in [1.165, 1.54) is 0 Å². The van der Waals surface area contributed by atoms with Gasteiger partial charge in [-0.3, -0.25) is 9.48 Å². The molecule has 0 aliphatic heterocycles. The number of nitrogens with one attached hydrogen (secondary N) is 1. The summed E-state index contributed by atoms with van der Waals surface area (Å²) in [5, 5.41) is 6.20. The summed E-state index contributed by atoms with van der Waals surface area (Å²) in [6, 6.07) is 5.60. The minimum Gasteiger partial charge on any atom is -0.494 e. The Morgan fingerprint density at radius 2 is 2.12 bits per heavy atom. The zero-order valence-electron chi connectivity index (χ0n) is 13.4. The smallest absolute Gasteiger partial charge is 0.408 e. The van der Waals surface area contributed by atoms with E-state index >= 15 is 0 Å². The van der Waals surface area contributed by atoms with E-state index in [4.69, 9.17) is 4.74 Å². The van der Waals surface area contributed by atoms with Gasteiger partial charge in [0.05, 0.1) is 18.4 Å². The fraction of sp³-hybridized carbons (Fsp3) is 0.375. The maximum atomic E-state index is 12.3. The van der Waals surface area contributed by atoms with Crippen molar-refractivity contribution >= 4 is 5.91 Å². The summed E-state index contributed by atoms with van der Waals surface area (Å²) in [6.45, 7) is 3.26. The molecule has 0 aliphatic rings. The number of ether oxygens (including phenoxy) is 1. The zero-order chi connectivity index (χ0) is 17.7. The maximum absolute atomic E-state index is 12.3. The molecule has 0 atom stereocenters. The number of rotatable bonds is 6. The van der Waals surface area contributed by atoms with Gasteiger partial charge >= 0.3 is 6.18 Å². The molecule has 130 valence electrons. The van der Waals surface area contributed by atoms with Crippen LogP contribution in [-0.2, 0) is 13.1 Å². The lowest BCUT2D eigenvalue weighted by atomic mass is 10.1. The molecule has 8 heteroatoms. The van der Waals surface area contributed by atoms with E-state index < -0.39 is 18.6 Å². The lowest BCUT2D eigenvalue weighted by Gasteiger charge is -2.11. The zero-order valence-corrected chi connectivity index (χ0v) is 13.4. The molecule has 0 unspecified atom stereocenters. The van der Waals surface area contributed by atoms with Crippen molar-refractivity contribution in [2.45, 2.75) is 33.1 Å². The summed E-state index contributed by atoms with van der Waals surface area (Å²) in [6.07, 6.45) is -2.20. The molecule has 0 saturated heterocycles. The lowest BCUT2D eigenvalue weighted by Crippen LogP contribution is -2.23. The van der Waals surface area contributed by atoms with E-state index in [0.29, 0.717) is 17.0 Å². The fourth-order valence-corrected chi connectivity index (χ4v) is 2.13. The highest BCUT2D eigenvalue weighted by Crippen LogP contribution is 2.20. The Morgan fingerprint density at radius 3 is 2.79 bits per heavy atom. The first-order valence-electron chi connectivity index (χ1n) is 7.38. The molecule has 5 nitrogen and oxygen atoms in total. The minimum absolute atomic E-state index is 0.0734. The van der Waals surface area contributed by atoms with Crippen LogP contribution in [0.2, 0.25) is 0 Å². The van der Waals surface area contributed by atoms with Crippen molar-refractivity contribution in [3.8, 4) is 5.75 Å². The first-order chi connectivity index (χ1) is 11.3. The molecule has 0 bridgehead atoms. The van der Waals surface area contributed by atoms with Crippen LogP contribution in [0.1, 0.15) is 28.4 Å². The monoisotopic (exact) mass is 341 g/mol. The molecular weight excluding hydrogens is 323 g/mol. The number of carbonyl (C=O) groups is 1. The van der Waals surface area contributed by atoms with Gasteiger partial charge in [0.15, 0.2) is 0 Å². The molecule has 1 heterocycles. The van der Waals surface area contributed by atoms with Gasteiger partial charge in [-0.05, 0) is 25.5 Å². The first-order valence-corrected chi connectivity index (χ1v) is 7.38. The van der Waals surface area contributed by atoms with E-state index in [1.54, 1.807) is 0 Å². The van der Waals surface area contributed by atoms with E-state index in [2.05, 4.69) is 10.4 Å². The Bertz CT molecular complexity index is 711. The Labute approximate surface area is 137 Å². The van der Waals surface area contributed by atoms with Gasteiger partial charge in [-0.1, -0.05) is 12.1 Å². The highest BCUT2D eigenvalue weighted by Gasteiger charge is 2.28. The van der Waals surface area contributed by atoms with Crippen molar-refractivity contribution in [3.63, 3.8) is 0 Å². The predicted octanol–water partition coefficient (Wildman–Crippen LogP) is 3.08. The molecule has 1 N–H and O–H groups in total. The largest absolute Gasteiger partial charge is 0.494 e. The number of alkyl halides is 3. The second kappa shape index (κ2) is 7.37. The number of aromatic nitrogens is 2. The van der Waals surface area contributed by atoms with Gasteiger partial charge in [0, 0.05) is 18.3 Å². The van der Waals surface area contributed by atoms with Gasteiger partial charge in [-0.15, -0.1) is 0 Å². The van der Waals surface area contributed by atoms with Gasteiger partial charge in [-0.25, -0.2) is 0 Å². The third-order valence-electron chi connectivity index (χ3n) is 3.20. The third kappa shape index (κ3) is 5.00. The van der Waals surface area contributed by atoms with Crippen LogP contribution in [0.15, 0.2) is 30.6 Å². The highest BCUT2D eigenvalue weighted by atomic mass is 19.4. The normalized spacial score (nSPS) is 11.4. The number of halogens is 3. The highest BCUT2D eigenvalue weighted by molar-refractivity contribution is 5.93. The van der Waals surface area contributed by atoms with Crippen LogP contribution in [0.4, 0.5) is 13.2 Å². The summed E-state index contributed by atoms with van der Waals surface area (Å²) in [7, 11) is 0. The molecule has 0 saturated carbocycles. The van der Waals surface area contributed by atoms with Crippen LogP contribution in [-0.4, -0.2) is 28.5 Å². The third-order valence-corrected chi connectivity index (χ3v) is 3.20. The molecule has 1 aromatic heterocycles. The standard InChI is InChI=1S/C16H18F3N3O2/c1-3-24-14-6-11(2)4-5-12(14)7-20-15(23)13-8-21-22(9-13)10-16(17,18)19/h4-6,8-9H,3,7,10H2,1-2H3,(H,20,23). The first kappa shape index (κ1) is 17.8. The minimum atomic E-state index is -4.38. The predicted molar refractivity (Wildman–Crippen MR) is 81.8 cm³/mol. The van der Waals surface area contributed by atoms with Crippen LogP contribution in [0.5, 0.6) is 5.75 Å². The number of aryl methyl sites for hydroxylation is 1. The van der Waals surface area contributed by atoms with Crippen LogP contribution in [0.3, 0.4) is 0 Å². The molecule has 24 heavy (non-hydrogen) atoms. The number of nitrogens with zero attached hydrogens (tertiary/aromatic N) is 2. The van der Waals surface area contributed by atoms with Crippen molar-refractivity contribution in [2.24, 2.45) is 0 Å². The van der Waals surface area contributed by atoms with E-state index in [1.807, 2.05) is 32.0 Å².